The first-order chi connectivity index (χ1) is 7.74. The number of thioether (sulfide) groups is 2. The molecule has 2 rings (SSSR count). The Hall–Kier alpha value is 0.660. The molecule has 1 saturated carbocycles. The van der Waals surface area contributed by atoms with Gasteiger partial charge in [0.25, 0.3) is 0 Å². The molecule has 2 atom stereocenters. The molecule has 0 amide bonds. The minimum absolute atomic E-state index is 0.564. The van der Waals surface area contributed by atoms with Crippen molar-refractivity contribution in [2.75, 3.05) is 18.6 Å². The molecule has 0 aromatic carbocycles. The molecule has 94 valence electrons. The third-order valence-corrected chi connectivity index (χ3v) is 6.88. The van der Waals surface area contributed by atoms with Gasteiger partial charge < -0.3 is 5.32 Å². The molecular weight excluding hydrogens is 234 g/mol. The summed E-state index contributed by atoms with van der Waals surface area (Å²) in [5.41, 5.74) is 0. The second-order valence-corrected chi connectivity index (χ2v) is 8.15. The minimum Gasteiger partial charge on any atom is -0.312 e. The lowest BCUT2D eigenvalue weighted by Crippen LogP contribution is -2.43. The monoisotopic (exact) mass is 259 g/mol. The van der Waals surface area contributed by atoms with Gasteiger partial charge in [0.05, 0.1) is 0 Å². The maximum absolute atomic E-state index is 3.83. The molecule has 1 aliphatic heterocycles. The highest BCUT2D eigenvalue weighted by Gasteiger charge is 2.32. The van der Waals surface area contributed by atoms with Crippen LogP contribution in [0.4, 0.5) is 0 Å². The summed E-state index contributed by atoms with van der Waals surface area (Å²) >= 11 is 4.24. The van der Waals surface area contributed by atoms with E-state index in [1.807, 2.05) is 0 Å². The van der Waals surface area contributed by atoms with E-state index in [1.165, 1.54) is 50.8 Å². The Morgan fingerprint density at radius 3 is 2.62 bits per heavy atom. The predicted molar refractivity (Wildman–Crippen MR) is 77.7 cm³/mol. The Morgan fingerprint density at radius 2 is 2.06 bits per heavy atom. The predicted octanol–water partition coefficient (Wildman–Crippen LogP) is 3.54. The van der Waals surface area contributed by atoms with Gasteiger partial charge in [-0.1, -0.05) is 26.2 Å². The van der Waals surface area contributed by atoms with Crippen molar-refractivity contribution in [2.24, 2.45) is 0 Å². The topological polar surface area (TPSA) is 12.0 Å². The van der Waals surface area contributed by atoms with Crippen molar-refractivity contribution in [3.05, 3.63) is 0 Å². The lowest BCUT2D eigenvalue weighted by atomic mass is 9.88. The minimum atomic E-state index is 0.564. The number of rotatable bonds is 4. The van der Waals surface area contributed by atoms with Gasteiger partial charge in [0.15, 0.2) is 0 Å². The van der Waals surface area contributed by atoms with Crippen LogP contribution in [0.1, 0.15) is 45.4 Å². The van der Waals surface area contributed by atoms with E-state index in [-0.39, 0.29) is 0 Å². The highest BCUT2D eigenvalue weighted by Crippen LogP contribution is 2.38. The first kappa shape index (κ1) is 13.1. The molecule has 1 saturated heterocycles. The Morgan fingerprint density at radius 1 is 1.31 bits per heavy atom. The van der Waals surface area contributed by atoms with E-state index in [1.54, 1.807) is 0 Å². The van der Waals surface area contributed by atoms with Gasteiger partial charge in [-0.05, 0) is 25.5 Å². The summed E-state index contributed by atoms with van der Waals surface area (Å²) in [5, 5.41) is 4.70. The van der Waals surface area contributed by atoms with Crippen LogP contribution >= 0.6 is 23.5 Å². The molecular formula is C13H25NS2. The van der Waals surface area contributed by atoms with E-state index in [2.05, 4.69) is 42.0 Å². The van der Waals surface area contributed by atoms with E-state index >= 15 is 0 Å². The van der Waals surface area contributed by atoms with Crippen LogP contribution in [-0.4, -0.2) is 34.6 Å². The third kappa shape index (κ3) is 3.33. The molecule has 2 aliphatic rings. The fourth-order valence-corrected chi connectivity index (χ4v) is 5.05. The Kier molecular flexibility index (Phi) is 4.92. The van der Waals surface area contributed by atoms with Gasteiger partial charge in [-0.2, -0.15) is 23.5 Å². The molecule has 2 fully saturated rings. The zero-order valence-corrected chi connectivity index (χ0v) is 12.3. The Labute approximate surface area is 109 Å². The molecule has 2 unspecified atom stereocenters. The first-order valence-corrected chi connectivity index (χ1v) is 8.92. The van der Waals surface area contributed by atoms with E-state index in [4.69, 9.17) is 0 Å². The second-order valence-electron chi connectivity index (χ2n) is 5.41. The van der Waals surface area contributed by atoms with Gasteiger partial charge in [0.2, 0.25) is 0 Å². The standard InChI is InChI=1S/C13H25NS2/c1-11-8-12(9-16-11)14-10-13(15-2)6-4-3-5-7-13/h11-12,14H,3-10H2,1-2H3. The highest BCUT2D eigenvalue weighted by molar-refractivity contribution is 8.00. The lowest BCUT2D eigenvalue weighted by molar-refractivity contribution is 0.365. The first-order valence-electron chi connectivity index (χ1n) is 6.64. The molecule has 0 aromatic heterocycles. The Bertz CT molecular complexity index is 214. The summed E-state index contributed by atoms with van der Waals surface area (Å²) in [6, 6.07) is 0.783. The largest absolute Gasteiger partial charge is 0.312 e. The number of nitrogens with one attached hydrogen (secondary N) is 1. The summed E-state index contributed by atoms with van der Waals surface area (Å²) in [5.74, 6) is 1.33. The van der Waals surface area contributed by atoms with Crippen LogP contribution in [0.25, 0.3) is 0 Å². The van der Waals surface area contributed by atoms with Crippen LogP contribution in [0, 0.1) is 0 Å². The van der Waals surface area contributed by atoms with Crippen LogP contribution in [0.2, 0.25) is 0 Å². The average molecular weight is 259 g/mol. The number of hydrogen-bond acceptors (Lipinski definition) is 3. The fourth-order valence-electron chi connectivity index (χ4n) is 2.94. The third-order valence-electron chi connectivity index (χ3n) is 4.11. The van der Waals surface area contributed by atoms with Crippen LogP contribution in [-0.2, 0) is 0 Å². The van der Waals surface area contributed by atoms with E-state index in [9.17, 15) is 0 Å². The zero-order valence-electron chi connectivity index (χ0n) is 10.6. The van der Waals surface area contributed by atoms with Crippen molar-refractivity contribution in [1.82, 2.24) is 5.32 Å². The molecule has 1 aliphatic carbocycles. The van der Waals surface area contributed by atoms with Gasteiger partial charge in [0, 0.05) is 28.3 Å². The van der Waals surface area contributed by atoms with Crippen molar-refractivity contribution in [3.8, 4) is 0 Å². The van der Waals surface area contributed by atoms with Crippen molar-refractivity contribution in [1.29, 1.82) is 0 Å². The summed E-state index contributed by atoms with van der Waals surface area (Å²) < 4.78 is 0.564. The van der Waals surface area contributed by atoms with Gasteiger partial charge in [-0.15, -0.1) is 0 Å². The molecule has 1 heterocycles. The lowest BCUT2D eigenvalue weighted by Gasteiger charge is -2.36. The molecule has 0 spiro atoms. The molecule has 1 N–H and O–H groups in total. The van der Waals surface area contributed by atoms with Crippen molar-refractivity contribution >= 4 is 23.5 Å². The average Bonchev–Trinajstić information content (AvgIpc) is 2.74. The van der Waals surface area contributed by atoms with E-state index in [0.29, 0.717) is 4.75 Å². The molecule has 0 aromatic rings. The summed E-state index contributed by atoms with van der Waals surface area (Å²) in [6.07, 6.45) is 10.9. The Balaban J connectivity index is 1.78. The molecule has 3 heteroatoms. The van der Waals surface area contributed by atoms with Gasteiger partial charge >= 0.3 is 0 Å². The SMILES string of the molecule is CSC1(CNC2CSC(C)C2)CCCCC1. The van der Waals surface area contributed by atoms with Crippen LogP contribution in [0.5, 0.6) is 0 Å². The molecule has 0 bridgehead atoms. The zero-order chi connectivity index (χ0) is 11.4. The maximum atomic E-state index is 3.83. The summed E-state index contributed by atoms with van der Waals surface area (Å²) in [6.45, 7) is 3.60. The molecule has 1 nitrogen and oxygen atoms in total. The number of hydrogen-bond donors (Lipinski definition) is 1. The van der Waals surface area contributed by atoms with Crippen molar-refractivity contribution in [3.63, 3.8) is 0 Å². The molecule has 0 radical (unpaired) electrons. The van der Waals surface area contributed by atoms with Crippen LogP contribution in [0.15, 0.2) is 0 Å². The summed E-state index contributed by atoms with van der Waals surface area (Å²) in [7, 11) is 0. The van der Waals surface area contributed by atoms with Gasteiger partial charge in [0.1, 0.15) is 0 Å². The smallest absolute Gasteiger partial charge is 0.0281 e. The maximum Gasteiger partial charge on any atom is 0.0281 e. The highest BCUT2D eigenvalue weighted by atomic mass is 32.2. The molecule has 16 heavy (non-hydrogen) atoms. The van der Waals surface area contributed by atoms with E-state index in [0.717, 1.165) is 11.3 Å². The summed E-state index contributed by atoms with van der Waals surface area (Å²) in [4.78, 5) is 0. The van der Waals surface area contributed by atoms with Crippen molar-refractivity contribution in [2.45, 2.75) is 61.5 Å². The van der Waals surface area contributed by atoms with Crippen molar-refractivity contribution < 1.29 is 0 Å². The second kappa shape index (κ2) is 6.01. The quantitative estimate of drug-likeness (QED) is 0.829. The van der Waals surface area contributed by atoms with Gasteiger partial charge in [-0.3, -0.25) is 0 Å². The van der Waals surface area contributed by atoms with Crippen LogP contribution in [0.3, 0.4) is 0 Å². The normalized spacial score (nSPS) is 34.1. The van der Waals surface area contributed by atoms with Crippen LogP contribution < -0.4 is 5.32 Å². The van der Waals surface area contributed by atoms with E-state index < -0.39 is 0 Å². The fraction of sp³-hybridized carbons (Fsp3) is 1.00. The van der Waals surface area contributed by atoms with Gasteiger partial charge in [-0.25, -0.2) is 0 Å².